The molecule has 2 N–H and O–H groups in total. The van der Waals surface area contributed by atoms with E-state index in [1.807, 2.05) is 24.3 Å². The first kappa shape index (κ1) is 20.7. The van der Waals surface area contributed by atoms with Crippen molar-refractivity contribution in [3.8, 4) is 0 Å². The number of amides is 1. The van der Waals surface area contributed by atoms with Gasteiger partial charge < -0.3 is 9.88 Å². The molecule has 32 heavy (non-hydrogen) atoms. The molecule has 0 fully saturated rings. The van der Waals surface area contributed by atoms with Gasteiger partial charge in [0.1, 0.15) is 24.4 Å². The van der Waals surface area contributed by atoms with Gasteiger partial charge in [0.25, 0.3) is 5.69 Å². The van der Waals surface area contributed by atoms with Gasteiger partial charge in [-0.25, -0.2) is 9.37 Å². The Bertz CT molecular complexity index is 1300. The van der Waals surface area contributed by atoms with Crippen LogP contribution in [-0.2, 0) is 11.3 Å². The Labute approximate surface area is 181 Å². The van der Waals surface area contributed by atoms with Crippen molar-refractivity contribution in [3.05, 3.63) is 94.6 Å². The van der Waals surface area contributed by atoms with Gasteiger partial charge in [-0.2, -0.15) is 5.10 Å². The van der Waals surface area contributed by atoms with Crippen molar-refractivity contribution in [1.82, 2.24) is 9.55 Å². The fourth-order valence-electron chi connectivity index (χ4n) is 3.13. The molecule has 0 aliphatic carbocycles. The summed E-state index contributed by atoms with van der Waals surface area (Å²) >= 11 is 0. The van der Waals surface area contributed by atoms with Crippen molar-refractivity contribution in [2.45, 2.75) is 6.54 Å². The molecule has 2 heterocycles. The van der Waals surface area contributed by atoms with Gasteiger partial charge in [0.15, 0.2) is 0 Å². The van der Waals surface area contributed by atoms with Crippen molar-refractivity contribution in [1.29, 1.82) is 0 Å². The molecule has 0 saturated carbocycles. The number of carbonyl (C=O) groups is 1. The molecule has 2 aromatic heterocycles. The van der Waals surface area contributed by atoms with Crippen LogP contribution in [0.15, 0.2) is 78.2 Å². The molecule has 2 aromatic carbocycles. The Morgan fingerprint density at radius 1 is 1.16 bits per heavy atom. The molecule has 160 valence electrons. The quantitative estimate of drug-likeness (QED) is 0.258. The number of nitrogens with one attached hydrogen (secondary N) is 2. The van der Waals surface area contributed by atoms with E-state index in [-0.39, 0.29) is 24.0 Å². The van der Waals surface area contributed by atoms with E-state index < -0.39 is 4.92 Å². The van der Waals surface area contributed by atoms with Crippen LogP contribution in [0.5, 0.6) is 0 Å². The number of para-hydroxylation sites is 1. The predicted octanol–water partition coefficient (Wildman–Crippen LogP) is 4.17. The average molecular weight is 432 g/mol. The van der Waals surface area contributed by atoms with E-state index in [0.717, 1.165) is 22.7 Å². The fraction of sp³-hybridized carbons (Fsp3) is 0.0455. The van der Waals surface area contributed by atoms with Crippen molar-refractivity contribution in [2.75, 3.05) is 10.7 Å². The standard InChI is InChI=1S/C22H17FN6O3/c23-16-5-7-17(8-6-16)26-22(30)14-28-13-15(19-3-1-2-4-20(19)28)11-25-27-21-10-9-18(12-24-21)29(31)32/h1-13H,14H2,(H,24,27)(H,26,30)/b25-11+. The maximum Gasteiger partial charge on any atom is 0.287 e. The number of nitro groups is 1. The predicted molar refractivity (Wildman–Crippen MR) is 119 cm³/mol. The molecule has 0 bridgehead atoms. The molecule has 1 amide bonds. The molecular weight excluding hydrogens is 415 g/mol. The number of aromatic nitrogens is 2. The number of nitrogens with zero attached hydrogens (tertiary/aromatic N) is 4. The Kier molecular flexibility index (Phi) is 5.84. The Morgan fingerprint density at radius 2 is 1.94 bits per heavy atom. The Hall–Kier alpha value is -4.60. The van der Waals surface area contributed by atoms with E-state index in [2.05, 4.69) is 20.8 Å². The molecule has 0 atom stereocenters. The SMILES string of the molecule is O=C(Cn1cc(/C=N/Nc2ccc([N+](=O)[O-])cn2)c2ccccc21)Nc1ccc(F)cc1. The number of anilines is 2. The largest absolute Gasteiger partial charge is 0.337 e. The van der Waals surface area contributed by atoms with Crippen molar-refractivity contribution >= 4 is 40.2 Å². The van der Waals surface area contributed by atoms with E-state index in [9.17, 15) is 19.3 Å². The second-order valence-electron chi connectivity index (χ2n) is 6.81. The molecular formula is C22H17FN6O3. The van der Waals surface area contributed by atoms with Gasteiger partial charge in [-0.3, -0.25) is 20.3 Å². The van der Waals surface area contributed by atoms with Crippen LogP contribution in [0, 0.1) is 15.9 Å². The van der Waals surface area contributed by atoms with Crippen molar-refractivity contribution < 1.29 is 14.1 Å². The summed E-state index contributed by atoms with van der Waals surface area (Å²) in [5.74, 6) is -0.274. The van der Waals surface area contributed by atoms with Crippen LogP contribution in [-0.4, -0.2) is 26.6 Å². The maximum atomic E-state index is 13.0. The van der Waals surface area contributed by atoms with Crippen molar-refractivity contribution in [3.63, 3.8) is 0 Å². The number of pyridine rings is 1. The van der Waals surface area contributed by atoms with E-state index >= 15 is 0 Å². The number of halogens is 1. The number of hydrogen-bond acceptors (Lipinski definition) is 6. The Morgan fingerprint density at radius 3 is 2.66 bits per heavy atom. The highest BCUT2D eigenvalue weighted by Crippen LogP contribution is 2.20. The van der Waals surface area contributed by atoms with Gasteiger partial charge in [0, 0.05) is 34.4 Å². The van der Waals surface area contributed by atoms with Gasteiger partial charge in [0.2, 0.25) is 5.91 Å². The highest BCUT2D eigenvalue weighted by Gasteiger charge is 2.11. The summed E-state index contributed by atoms with van der Waals surface area (Å²) in [6.07, 6.45) is 4.52. The molecule has 9 nitrogen and oxygen atoms in total. The maximum absolute atomic E-state index is 13.0. The van der Waals surface area contributed by atoms with Crippen LogP contribution in [0.3, 0.4) is 0 Å². The normalized spacial score (nSPS) is 11.0. The molecule has 0 aliphatic rings. The summed E-state index contributed by atoms with van der Waals surface area (Å²) in [5.41, 5.74) is 4.74. The molecule has 4 rings (SSSR count). The molecule has 0 aliphatic heterocycles. The van der Waals surface area contributed by atoms with Crippen LogP contribution in [0.4, 0.5) is 21.6 Å². The number of hydrogen-bond donors (Lipinski definition) is 2. The minimum Gasteiger partial charge on any atom is -0.337 e. The average Bonchev–Trinajstić information content (AvgIpc) is 3.13. The summed E-state index contributed by atoms with van der Waals surface area (Å²) < 4.78 is 14.8. The zero-order valence-electron chi connectivity index (χ0n) is 16.6. The molecule has 4 aromatic rings. The zero-order valence-corrected chi connectivity index (χ0v) is 16.6. The molecule has 10 heteroatoms. The van der Waals surface area contributed by atoms with Gasteiger partial charge in [-0.05, 0) is 36.4 Å². The summed E-state index contributed by atoms with van der Waals surface area (Å²) in [5, 5.41) is 18.5. The third-order valence-electron chi connectivity index (χ3n) is 4.60. The van der Waals surface area contributed by atoms with Gasteiger partial charge in [-0.1, -0.05) is 18.2 Å². The molecule has 0 unspecified atom stereocenters. The number of hydrazone groups is 1. The molecule has 0 radical (unpaired) electrons. The lowest BCUT2D eigenvalue weighted by molar-refractivity contribution is -0.385. The minimum atomic E-state index is -0.527. The van der Waals surface area contributed by atoms with Crippen LogP contribution in [0.2, 0.25) is 0 Å². The second-order valence-corrected chi connectivity index (χ2v) is 6.81. The van der Waals surface area contributed by atoms with Crippen LogP contribution in [0.25, 0.3) is 10.9 Å². The topological polar surface area (TPSA) is 114 Å². The summed E-state index contributed by atoms with van der Waals surface area (Å²) in [6.45, 7) is 0.0586. The van der Waals surface area contributed by atoms with Gasteiger partial charge >= 0.3 is 0 Å². The smallest absolute Gasteiger partial charge is 0.287 e. The summed E-state index contributed by atoms with van der Waals surface area (Å²) in [6, 6.07) is 15.9. The highest BCUT2D eigenvalue weighted by atomic mass is 19.1. The zero-order chi connectivity index (χ0) is 22.5. The minimum absolute atomic E-state index is 0.0586. The monoisotopic (exact) mass is 432 g/mol. The van der Waals surface area contributed by atoms with Crippen LogP contribution < -0.4 is 10.7 Å². The van der Waals surface area contributed by atoms with Gasteiger partial charge in [0.05, 0.1) is 11.1 Å². The van der Waals surface area contributed by atoms with E-state index in [0.29, 0.717) is 11.5 Å². The second kappa shape index (κ2) is 9.04. The molecule has 0 spiro atoms. The van der Waals surface area contributed by atoms with E-state index in [1.165, 1.54) is 36.4 Å². The lowest BCUT2D eigenvalue weighted by Gasteiger charge is -2.07. The Balaban J connectivity index is 1.49. The number of benzene rings is 2. The molecule has 0 saturated heterocycles. The number of fused-ring (bicyclic) bond motifs is 1. The fourth-order valence-corrected chi connectivity index (χ4v) is 3.13. The summed E-state index contributed by atoms with van der Waals surface area (Å²) in [4.78, 5) is 26.6. The lowest BCUT2D eigenvalue weighted by Crippen LogP contribution is -2.18. The van der Waals surface area contributed by atoms with E-state index in [1.54, 1.807) is 17.0 Å². The first-order chi connectivity index (χ1) is 15.5. The highest BCUT2D eigenvalue weighted by molar-refractivity contribution is 6.00. The summed E-state index contributed by atoms with van der Waals surface area (Å²) in [7, 11) is 0. The number of rotatable bonds is 7. The first-order valence-corrected chi connectivity index (χ1v) is 9.52. The number of carbonyl (C=O) groups excluding carboxylic acids is 1. The van der Waals surface area contributed by atoms with Crippen molar-refractivity contribution in [2.24, 2.45) is 5.10 Å². The van der Waals surface area contributed by atoms with Gasteiger partial charge in [-0.15, -0.1) is 0 Å². The first-order valence-electron chi connectivity index (χ1n) is 9.52. The van der Waals surface area contributed by atoms with E-state index in [4.69, 9.17) is 0 Å². The van der Waals surface area contributed by atoms with Crippen LogP contribution in [0.1, 0.15) is 5.56 Å². The third kappa shape index (κ3) is 4.75. The third-order valence-corrected chi connectivity index (χ3v) is 4.60. The lowest BCUT2D eigenvalue weighted by atomic mass is 10.2. The van der Waals surface area contributed by atoms with Crippen LogP contribution >= 0.6 is 0 Å².